The maximum Gasteiger partial charge on any atom is 0.309 e. The van der Waals surface area contributed by atoms with Gasteiger partial charge in [0, 0.05) is 11.5 Å². The van der Waals surface area contributed by atoms with Crippen LogP contribution < -0.4 is 0 Å². The molecule has 0 radical (unpaired) electrons. The largest absolute Gasteiger partial charge is 0.481 e. The van der Waals surface area contributed by atoms with Crippen LogP contribution in [-0.4, -0.2) is 35.7 Å². The minimum atomic E-state index is -0.761. The summed E-state index contributed by atoms with van der Waals surface area (Å²) in [7, 11) is 1.37. The zero-order chi connectivity index (χ0) is 10.6. The molecule has 0 spiro atoms. The molecule has 1 N–H and O–H groups in total. The zero-order valence-electron chi connectivity index (χ0n) is 8.06. The fraction of sp³-hybridized carbons (Fsp3) is 0.778. The SMILES string of the molecule is COC(=O)C1CCC(C(=O)O)CSC1. The number of carboxylic acid groups (broad SMARTS) is 1. The number of hydrogen-bond acceptors (Lipinski definition) is 4. The molecular formula is C9H14O4S. The minimum absolute atomic E-state index is 0.130. The number of carbonyl (C=O) groups excluding carboxylic acids is 1. The molecule has 0 saturated carbocycles. The minimum Gasteiger partial charge on any atom is -0.481 e. The quantitative estimate of drug-likeness (QED) is 0.701. The molecule has 80 valence electrons. The Bertz CT molecular complexity index is 229. The molecule has 0 aromatic rings. The van der Waals surface area contributed by atoms with E-state index in [1.165, 1.54) is 18.9 Å². The Balaban J connectivity index is 2.48. The van der Waals surface area contributed by atoms with Gasteiger partial charge < -0.3 is 9.84 Å². The van der Waals surface area contributed by atoms with Crippen molar-refractivity contribution < 1.29 is 19.4 Å². The van der Waals surface area contributed by atoms with Crippen molar-refractivity contribution in [2.24, 2.45) is 11.8 Å². The third-order valence-corrected chi connectivity index (χ3v) is 3.66. The predicted molar refractivity (Wildman–Crippen MR) is 53.2 cm³/mol. The molecule has 2 unspecified atom stereocenters. The van der Waals surface area contributed by atoms with Crippen LogP contribution in [0.1, 0.15) is 12.8 Å². The van der Waals surface area contributed by atoms with Crippen LogP contribution >= 0.6 is 11.8 Å². The lowest BCUT2D eigenvalue weighted by atomic mass is 9.98. The molecule has 1 rings (SSSR count). The number of carbonyl (C=O) groups is 2. The van der Waals surface area contributed by atoms with Crippen molar-refractivity contribution in [2.45, 2.75) is 12.8 Å². The topological polar surface area (TPSA) is 63.6 Å². The molecule has 1 fully saturated rings. The smallest absolute Gasteiger partial charge is 0.309 e. The zero-order valence-corrected chi connectivity index (χ0v) is 8.88. The van der Waals surface area contributed by atoms with Gasteiger partial charge in [-0.25, -0.2) is 0 Å². The van der Waals surface area contributed by atoms with Gasteiger partial charge in [0.15, 0.2) is 0 Å². The Hall–Kier alpha value is -0.710. The molecule has 5 heteroatoms. The van der Waals surface area contributed by atoms with E-state index in [0.29, 0.717) is 24.3 Å². The van der Waals surface area contributed by atoms with Crippen LogP contribution in [-0.2, 0) is 14.3 Å². The Morgan fingerprint density at radius 1 is 1.29 bits per heavy atom. The summed E-state index contributed by atoms with van der Waals surface area (Å²) in [5.74, 6) is -0.144. The molecule has 0 aliphatic carbocycles. The van der Waals surface area contributed by atoms with Crippen LogP contribution in [0.2, 0.25) is 0 Å². The number of ether oxygens (including phenoxy) is 1. The first-order chi connectivity index (χ1) is 6.65. The second-order valence-electron chi connectivity index (χ2n) is 3.37. The van der Waals surface area contributed by atoms with Crippen LogP contribution in [0.15, 0.2) is 0 Å². The molecular weight excluding hydrogens is 204 g/mol. The van der Waals surface area contributed by atoms with E-state index in [4.69, 9.17) is 5.11 Å². The number of aliphatic carboxylic acids is 1. The molecule has 1 aliphatic heterocycles. The summed E-state index contributed by atoms with van der Waals surface area (Å²) in [4.78, 5) is 21.9. The van der Waals surface area contributed by atoms with Gasteiger partial charge in [-0.05, 0) is 12.8 Å². The molecule has 2 atom stereocenters. The van der Waals surface area contributed by atoms with Crippen molar-refractivity contribution in [1.29, 1.82) is 0 Å². The molecule has 1 aliphatic rings. The van der Waals surface area contributed by atoms with Crippen molar-refractivity contribution in [3.05, 3.63) is 0 Å². The van der Waals surface area contributed by atoms with Gasteiger partial charge in [0.2, 0.25) is 0 Å². The standard InChI is InChI=1S/C9H14O4S/c1-13-9(12)7-3-2-6(8(10)11)4-14-5-7/h6-7H,2-5H2,1H3,(H,10,11). The number of esters is 1. The van der Waals surface area contributed by atoms with Crippen LogP contribution in [0.3, 0.4) is 0 Å². The predicted octanol–water partition coefficient (Wildman–Crippen LogP) is 1.00. The molecule has 0 bridgehead atoms. The first-order valence-electron chi connectivity index (χ1n) is 4.53. The van der Waals surface area contributed by atoms with E-state index >= 15 is 0 Å². The van der Waals surface area contributed by atoms with Crippen LogP contribution in [0.25, 0.3) is 0 Å². The summed E-state index contributed by atoms with van der Waals surface area (Å²) >= 11 is 1.52. The lowest BCUT2D eigenvalue weighted by Crippen LogP contribution is -2.18. The Morgan fingerprint density at radius 3 is 2.43 bits per heavy atom. The molecule has 14 heavy (non-hydrogen) atoms. The van der Waals surface area contributed by atoms with Gasteiger partial charge in [0.1, 0.15) is 0 Å². The molecule has 0 aromatic heterocycles. The Labute approximate surface area is 87.0 Å². The first-order valence-corrected chi connectivity index (χ1v) is 5.69. The molecule has 0 amide bonds. The van der Waals surface area contributed by atoms with Gasteiger partial charge in [0.05, 0.1) is 18.9 Å². The molecule has 0 aromatic carbocycles. The van der Waals surface area contributed by atoms with Gasteiger partial charge in [-0.15, -0.1) is 0 Å². The van der Waals surface area contributed by atoms with Gasteiger partial charge in [0.25, 0.3) is 0 Å². The van der Waals surface area contributed by atoms with Crippen molar-refractivity contribution in [3.8, 4) is 0 Å². The fourth-order valence-electron chi connectivity index (χ4n) is 1.47. The average Bonchev–Trinajstić information content (AvgIpc) is 2.41. The van der Waals surface area contributed by atoms with Gasteiger partial charge in [-0.1, -0.05) is 0 Å². The summed E-state index contributed by atoms with van der Waals surface area (Å²) in [6.07, 6.45) is 1.19. The van der Waals surface area contributed by atoms with E-state index in [1.807, 2.05) is 0 Å². The first kappa shape index (κ1) is 11.4. The van der Waals surface area contributed by atoms with E-state index in [-0.39, 0.29) is 17.8 Å². The second-order valence-corrected chi connectivity index (χ2v) is 4.44. The Morgan fingerprint density at radius 2 is 1.86 bits per heavy atom. The summed E-state index contributed by atoms with van der Waals surface area (Å²) in [5.41, 5.74) is 0. The third-order valence-electron chi connectivity index (χ3n) is 2.39. The fourth-order valence-corrected chi connectivity index (χ4v) is 2.79. The lowest BCUT2D eigenvalue weighted by molar-refractivity contribution is -0.146. The number of thioether (sulfide) groups is 1. The molecule has 1 heterocycles. The maximum absolute atomic E-state index is 11.2. The highest BCUT2D eigenvalue weighted by atomic mass is 32.2. The number of methoxy groups -OCH3 is 1. The summed E-state index contributed by atoms with van der Waals surface area (Å²) < 4.78 is 4.64. The normalized spacial score (nSPS) is 27.8. The number of rotatable bonds is 2. The average molecular weight is 218 g/mol. The monoisotopic (exact) mass is 218 g/mol. The van der Waals surface area contributed by atoms with E-state index in [0.717, 1.165) is 0 Å². The summed E-state index contributed by atoms with van der Waals surface area (Å²) in [6.45, 7) is 0. The lowest BCUT2D eigenvalue weighted by Gasteiger charge is -2.10. The van der Waals surface area contributed by atoms with Crippen molar-refractivity contribution >= 4 is 23.7 Å². The van der Waals surface area contributed by atoms with Gasteiger partial charge in [-0.2, -0.15) is 11.8 Å². The Kier molecular flexibility index (Phi) is 4.25. The highest BCUT2D eigenvalue weighted by Crippen LogP contribution is 2.26. The molecule has 4 nitrogen and oxygen atoms in total. The second kappa shape index (κ2) is 5.24. The van der Waals surface area contributed by atoms with Gasteiger partial charge in [-0.3, -0.25) is 9.59 Å². The van der Waals surface area contributed by atoms with Crippen molar-refractivity contribution in [2.75, 3.05) is 18.6 Å². The van der Waals surface area contributed by atoms with Crippen LogP contribution in [0.4, 0.5) is 0 Å². The highest BCUT2D eigenvalue weighted by Gasteiger charge is 2.27. The van der Waals surface area contributed by atoms with Gasteiger partial charge >= 0.3 is 11.9 Å². The van der Waals surface area contributed by atoms with E-state index in [9.17, 15) is 9.59 Å². The summed E-state index contributed by atoms with van der Waals surface area (Å²) in [5, 5.41) is 8.82. The maximum atomic E-state index is 11.2. The van der Waals surface area contributed by atoms with E-state index in [1.54, 1.807) is 0 Å². The highest BCUT2D eigenvalue weighted by molar-refractivity contribution is 7.99. The number of carboxylic acids is 1. The van der Waals surface area contributed by atoms with E-state index in [2.05, 4.69) is 4.74 Å². The van der Waals surface area contributed by atoms with Crippen LogP contribution in [0.5, 0.6) is 0 Å². The third kappa shape index (κ3) is 2.90. The van der Waals surface area contributed by atoms with Crippen molar-refractivity contribution in [3.63, 3.8) is 0 Å². The van der Waals surface area contributed by atoms with E-state index < -0.39 is 5.97 Å². The molecule has 1 saturated heterocycles. The van der Waals surface area contributed by atoms with Crippen molar-refractivity contribution in [1.82, 2.24) is 0 Å². The number of hydrogen-bond donors (Lipinski definition) is 1. The van der Waals surface area contributed by atoms with Crippen LogP contribution in [0, 0.1) is 11.8 Å². The summed E-state index contributed by atoms with van der Waals surface area (Å²) in [6, 6.07) is 0.